The van der Waals surface area contributed by atoms with Gasteiger partial charge in [-0.3, -0.25) is 0 Å². The van der Waals surface area contributed by atoms with Crippen LogP contribution in [0.5, 0.6) is 0 Å². The fraction of sp³-hybridized carbons (Fsp3) is 1.00. The van der Waals surface area contributed by atoms with Crippen molar-refractivity contribution in [3.05, 3.63) is 0 Å². The number of fused-ring (bicyclic) bond motifs is 1. The Balaban J connectivity index is 1.94. The van der Waals surface area contributed by atoms with Crippen LogP contribution < -0.4 is 0 Å². The lowest BCUT2D eigenvalue weighted by Crippen LogP contribution is -2.17. The molecule has 0 spiro atoms. The normalized spacial score (nSPS) is 39.5. The maximum atomic E-state index is 2.40. The molecular formula is C13H24. The minimum absolute atomic E-state index is 0.558. The summed E-state index contributed by atoms with van der Waals surface area (Å²) < 4.78 is 0. The fourth-order valence-electron chi connectivity index (χ4n) is 3.73. The summed E-state index contributed by atoms with van der Waals surface area (Å²) in [5, 5.41) is 0. The third-order valence-electron chi connectivity index (χ3n) is 4.11. The highest BCUT2D eigenvalue weighted by Gasteiger charge is 2.39. The Morgan fingerprint density at radius 1 is 1.00 bits per heavy atom. The van der Waals surface area contributed by atoms with E-state index in [1.54, 1.807) is 19.3 Å². The Morgan fingerprint density at radius 2 is 1.77 bits per heavy atom. The van der Waals surface area contributed by atoms with E-state index in [1.807, 2.05) is 0 Å². The predicted octanol–water partition coefficient (Wildman–Crippen LogP) is 4.25. The molecule has 2 fully saturated rings. The maximum Gasteiger partial charge on any atom is -0.0357 e. The number of rotatable bonds is 1. The fourth-order valence-corrected chi connectivity index (χ4v) is 3.73. The van der Waals surface area contributed by atoms with Crippen molar-refractivity contribution >= 4 is 0 Å². The Kier molecular flexibility index (Phi) is 2.42. The second-order valence-corrected chi connectivity index (χ2v) is 6.46. The summed E-state index contributed by atoms with van der Waals surface area (Å²) in [7, 11) is 0. The molecular weight excluding hydrogens is 156 g/mol. The van der Waals surface area contributed by atoms with Gasteiger partial charge in [0.05, 0.1) is 0 Å². The standard InChI is InChI=1S/C13H24/c1-13(2,3)9-11-8-7-10-5-4-6-12(10)11/h10-12H,4-9H2,1-3H3. The first kappa shape index (κ1) is 9.55. The first-order chi connectivity index (χ1) is 6.06. The molecule has 0 aromatic carbocycles. The van der Waals surface area contributed by atoms with E-state index in [0.29, 0.717) is 5.41 Å². The molecule has 13 heavy (non-hydrogen) atoms. The maximum absolute atomic E-state index is 2.40. The molecule has 3 unspecified atom stereocenters. The van der Waals surface area contributed by atoms with Gasteiger partial charge in [-0.1, -0.05) is 33.6 Å². The average Bonchev–Trinajstić information content (AvgIpc) is 2.50. The van der Waals surface area contributed by atoms with Crippen LogP contribution in [-0.2, 0) is 0 Å². The molecule has 0 amide bonds. The van der Waals surface area contributed by atoms with E-state index >= 15 is 0 Å². The van der Waals surface area contributed by atoms with Crippen LogP contribution in [0.15, 0.2) is 0 Å². The molecule has 0 heterocycles. The highest BCUT2D eigenvalue weighted by atomic mass is 14.4. The summed E-state index contributed by atoms with van der Waals surface area (Å²) in [6.07, 6.45) is 9.17. The monoisotopic (exact) mass is 180 g/mol. The van der Waals surface area contributed by atoms with Gasteiger partial charge in [-0.15, -0.1) is 0 Å². The smallest absolute Gasteiger partial charge is 0.0357 e. The number of hydrogen-bond donors (Lipinski definition) is 0. The van der Waals surface area contributed by atoms with Crippen LogP contribution in [0.2, 0.25) is 0 Å². The van der Waals surface area contributed by atoms with Crippen LogP contribution in [0.3, 0.4) is 0 Å². The van der Waals surface area contributed by atoms with Crippen LogP contribution in [0, 0.1) is 23.2 Å². The molecule has 0 radical (unpaired) electrons. The molecule has 0 bridgehead atoms. The van der Waals surface area contributed by atoms with Gasteiger partial charge in [0.25, 0.3) is 0 Å². The SMILES string of the molecule is CC(C)(C)CC1CCC2CCCC21. The second-order valence-electron chi connectivity index (χ2n) is 6.46. The Hall–Kier alpha value is 0. The summed E-state index contributed by atoms with van der Waals surface area (Å²) in [6.45, 7) is 7.19. The van der Waals surface area contributed by atoms with E-state index in [2.05, 4.69) is 20.8 Å². The van der Waals surface area contributed by atoms with Crippen LogP contribution in [0.1, 0.15) is 59.3 Å². The quantitative estimate of drug-likeness (QED) is 0.566. The Labute approximate surface area is 83.1 Å². The zero-order chi connectivity index (χ0) is 9.47. The summed E-state index contributed by atoms with van der Waals surface area (Å²) in [4.78, 5) is 0. The average molecular weight is 180 g/mol. The van der Waals surface area contributed by atoms with Gasteiger partial charge in [0.2, 0.25) is 0 Å². The van der Waals surface area contributed by atoms with Gasteiger partial charge in [0.15, 0.2) is 0 Å². The lowest BCUT2D eigenvalue weighted by Gasteiger charge is -2.27. The molecule has 0 saturated heterocycles. The van der Waals surface area contributed by atoms with Crippen LogP contribution in [-0.4, -0.2) is 0 Å². The van der Waals surface area contributed by atoms with Crippen molar-refractivity contribution in [2.24, 2.45) is 23.2 Å². The molecule has 0 nitrogen and oxygen atoms in total. The lowest BCUT2D eigenvalue weighted by atomic mass is 9.79. The van der Waals surface area contributed by atoms with Crippen molar-refractivity contribution in [3.63, 3.8) is 0 Å². The summed E-state index contributed by atoms with van der Waals surface area (Å²) in [5.41, 5.74) is 0.558. The van der Waals surface area contributed by atoms with Crippen LogP contribution in [0.4, 0.5) is 0 Å². The summed E-state index contributed by atoms with van der Waals surface area (Å²) >= 11 is 0. The zero-order valence-electron chi connectivity index (χ0n) is 9.47. The van der Waals surface area contributed by atoms with Crippen molar-refractivity contribution in [1.29, 1.82) is 0 Å². The predicted molar refractivity (Wildman–Crippen MR) is 57.6 cm³/mol. The van der Waals surface area contributed by atoms with Crippen LogP contribution in [0.25, 0.3) is 0 Å². The molecule has 0 aliphatic heterocycles. The molecule has 0 aromatic heterocycles. The molecule has 0 aromatic rings. The molecule has 3 atom stereocenters. The van der Waals surface area contributed by atoms with Gasteiger partial charge in [0.1, 0.15) is 0 Å². The molecule has 2 aliphatic carbocycles. The summed E-state index contributed by atoms with van der Waals surface area (Å²) in [5.74, 6) is 3.33. The second kappa shape index (κ2) is 3.29. The van der Waals surface area contributed by atoms with Gasteiger partial charge in [-0.2, -0.15) is 0 Å². The molecule has 2 rings (SSSR count). The van der Waals surface area contributed by atoms with Crippen molar-refractivity contribution in [2.45, 2.75) is 59.3 Å². The highest BCUT2D eigenvalue weighted by molar-refractivity contribution is 4.90. The van der Waals surface area contributed by atoms with E-state index in [0.717, 1.165) is 17.8 Å². The topological polar surface area (TPSA) is 0 Å². The molecule has 76 valence electrons. The highest BCUT2D eigenvalue weighted by Crippen LogP contribution is 2.50. The minimum atomic E-state index is 0.558. The lowest BCUT2D eigenvalue weighted by molar-refractivity contribution is 0.238. The van der Waals surface area contributed by atoms with Gasteiger partial charge in [-0.05, 0) is 48.9 Å². The Bertz CT molecular complexity index is 175. The van der Waals surface area contributed by atoms with Gasteiger partial charge >= 0.3 is 0 Å². The van der Waals surface area contributed by atoms with Crippen LogP contribution >= 0.6 is 0 Å². The third-order valence-corrected chi connectivity index (χ3v) is 4.11. The molecule has 0 N–H and O–H groups in total. The van der Waals surface area contributed by atoms with E-state index in [1.165, 1.54) is 19.3 Å². The van der Waals surface area contributed by atoms with E-state index < -0.39 is 0 Å². The van der Waals surface area contributed by atoms with E-state index in [-0.39, 0.29) is 0 Å². The van der Waals surface area contributed by atoms with E-state index in [9.17, 15) is 0 Å². The Morgan fingerprint density at radius 3 is 2.46 bits per heavy atom. The summed E-state index contributed by atoms with van der Waals surface area (Å²) in [6, 6.07) is 0. The first-order valence-corrected chi connectivity index (χ1v) is 6.06. The largest absolute Gasteiger partial charge is 0.0602 e. The van der Waals surface area contributed by atoms with Crippen molar-refractivity contribution < 1.29 is 0 Å². The van der Waals surface area contributed by atoms with Crippen molar-refractivity contribution in [1.82, 2.24) is 0 Å². The van der Waals surface area contributed by atoms with Gasteiger partial charge < -0.3 is 0 Å². The van der Waals surface area contributed by atoms with Crippen molar-refractivity contribution in [3.8, 4) is 0 Å². The van der Waals surface area contributed by atoms with Gasteiger partial charge in [-0.25, -0.2) is 0 Å². The molecule has 2 saturated carbocycles. The van der Waals surface area contributed by atoms with Gasteiger partial charge in [0, 0.05) is 0 Å². The molecule has 0 heteroatoms. The zero-order valence-corrected chi connectivity index (χ0v) is 9.47. The minimum Gasteiger partial charge on any atom is -0.0602 e. The first-order valence-electron chi connectivity index (χ1n) is 6.06. The number of hydrogen-bond acceptors (Lipinski definition) is 0. The molecule has 2 aliphatic rings. The van der Waals surface area contributed by atoms with E-state index in [4.69, 9.17) is 0 Å². The van der Waals surface area contributed by atoms with Crippen molar-refractivity contribution in [2.75, 3.05) is 0 Å². The third kappa shape index (κ3) is 2.08.